The van der Waals surface area contributed by atoms with Gasteiger partial charge in [0, 0.05) is 18.7 Å². The molecule has 0 saturated heterocycles. The molecule has 0 unspecified atom stereocenters. The second-order valence-corrected chi connectivity index (χ2v) is 4.79. The number of carbonyl (C=O) groups is 1. The fourth-order valence-corrected chi connectivity index (χ4v) is 2.07. The predicted molar refractivity (Wildman–Crippen MR) is 82.9 cm³/mol. The highest BCUT2D eigenvalue weighted by Crippen LogP contribution is 2.25. The Morgan fingerprint density at radius 3 is 2.50 bits per heavy atom. The fraction of sp³-hybridized carbons (Fsp3) is 0.188. The van der Waals surface area contributed by atoms with Crippen LogP contribution in [-0.2, 0) is 11.3 Å². The summed E-state index contributed by atoms with van der Waals surface area (Å²) in [7, 11) is 1.60. The minimum atomic E-state index is -0.468. The first-order valence-electron chi connectivity index (χ1n) is 6.66. The van der Waals surface area contributed by atoms with Crippen LogP contribution in [0.5, 0.6) is 0 Å². The average Bonchev–Trinajstić information content (AvgIpc) is 2.50. The number of anilines is 1. The molecule has 114 valence electrons. The van der Waals surface area contributed by atoms with Crippen molar-refractivity contribution in [2.75, 3.05) is 12.4 Å². The highest BCUT2D eigenvalue weighted by molar-refractivity contribution is 6.04. The first-order valence-corrected chi connectivity index (χ1v) is 6.66. The largest absolute Gasteiger partial charge is 0.380 e. The van der Waals surface area contributed by atoms with E-state index in [4.69, 9.17) is 4.74 Å². The van der Waals surface area contributed by atoms with Gasteiger partial charge in [-0.1, -0.05) is 18.2 Å². The van der Waals surface area contributed by atoms with Crippen LogP contribution >= 0.6 is 0 Å². The van der Waals surface area contributed by atoms with Crippen molar-refractivity contribution in [1.29, 1.82) is 0 Å². The maximum atomic E-state index is 12.2. The molecule has 22 heavy (non-hydrogen) atoms. The molecule has 0 saturated carbocycles. The van der Waals surface area contributed by atoms with Crippen molar-refractivity contribution < 1.29 is 14.5 Å². The topological polar surface area (TPSA) is 81.5 Å². The number of amides is 1. The van der Waals surface area contributed by atoms with Crippen LogP contribution in [0.25, 0.3) is 0 Å². The molecule has 0 aliphatic carbocycles. The van der Waals surface area contributed by atoms with E-state index in [9.17, 15) is 14.9 Å². The van der Waals surface area contributed by atoms with E-state index in [0.717, 1.165) is 5.56 Å². The van der Waals surface area contributed by atoms with E-state index in [1.807, 2.05) is 0 Å². The Balaban J connectivity index is 2.18. The van der Waals surface area contributed by atoms with E-state index in [-0.39, 0.29) is 11.6 Å². The fourth-order valence-electron chi connectivity index (χ4n) is 2.07. The van der Waals surface area contributed by atoms with Crippen LogP contribution in [0.4, 0.5) is 11.4 Å². The van der Waals surface area contributed by atoms with Crippen LogP contribution in [-0.4, -0.2) is 17.9 Å². The number of nitrogens with zero attached hydrogens (tertiary/aromatic N) is 1. The van der Waals surface area contributed by atoms with Gasteiger partial charge >= 0.3 is 0 Å². The van der Waals surface area contributed by atoms with Gasteiger partial charge in [-0.25, -0.2) is 0 Å². The normalized spacial score (nSPS) is 10.3. The van der Waals surface area contributed by atoms with Gasteiger partial charge in [-0.2, -0.15) is 0 Å². The summed E-state index contributed by atoms with van der Waals surface area (Å²) in [6.45, 7) is 2.08. The van der Waals surface area contributed by atoms with Crippen LogP contribution in [0.15, 0.2) is 42.5 Å². The van der Waals surface area contributed by atoms with E-state index in [1.165, 1.54) is 6.07 Å². The number of carbonyl (C=O) groups excluding carboxylic acids is 1. The molecule has 0 radical (unpaired) electrons. The van der Waals surface area contributed by atoms with E-state index in [1.54, 1.807) is 50.4 Å². The number of hydrogen-bond donors (Lipinski definition) is 1. The lowest BCUT2D eigenvalue weighted by Gasteiger charge is -2.09. The first kappa shape index (κ1) is 15.7. The van der Waals surface area contributed by atoms with Crippen molar-refractivity contribution in [1.82, 2.24) is 0 Å². The molecule has 0 aliphatic rings. The molecule has 1 amide bonds. The van der Waals surface area contributed by atoms with Gasteiger partial charge < -0.3 is 10.1 Å². The van der Waals surface area contributed by atoms with Gasteiger partial charge in [0.2, 0.25) is 0 Å². The summed E-state index contributed by atoms with van der Waals surface area (Å²) in [5.74, 6) is -0.312. The van der Waals surface area contributed by atoms with Crippen molar-refractivity contribution >= 4 is 17.3 Å². The Bertz CT molecular complexity index is 696. The lowest BCUT2D eigenvalue weighted by molar-refractivity contribution is -0.385. The van der Waals surface area contributed by atoms with Gasteiger partial charge in [0.1, 0.15) is 0 Å². The standard InChI is InChI=1S/C16H16N2O4/c1-11-14(4-3-5-15(11)18(20)21)17-16(19)13-8-6-12(7-9-13)10-22-2/h3-9H,10H2,1-2H3,(H,17,19). The zero-order valence-corrected chi connectivity index (χ0v) is 12.3. The summed E-state index contributed by atoms with van der Waals surface area (Å²) < 4.78 is 5.01. The van der Waals surface area contributed by atoms with Crippen molar-refractivity contribution in [3.63, 3.8) is 0 Å². The number of methoxy groups -OCH3 is 1. The third-order valence-electron chi connectivity index (χ3n) is 3.28. The van der Waals surface area contributed by atoms with Gasteiger partial charge in [0.15, 0.2) is 0 Å². The van der Waals surface area contributed by atoms with Crippen LogP contribution in [0.3, 0.4) is 0 Å². The van der Waals surface area contributed by atoms with Gasteiger partial charge in [-0.15, -0.1) is 0 Å². The molecule has 2 rings (SSSR count). The summed E-state index contributed by atoms with van der Waals surface area (Å²) in [6, 6.07) is 11.6. The molecule has 0 spiro atoms. The zero-order chi connectivity index (χ0) is 16.1. The van der Waals surface area contributed by atoms with Crippen LogP contribution < -0.4 is 5.32 Å². The molecule has 6 nitrogen and oxygen atoms in total. The zero-order valence-electron chi connectivity index (χ0n) is 12.3. The Kier molecular flexibility index (Phi) is 4.85. The van der Waals surface area contributed by atoms with Crippen LogP contribution in [0, 0.1) is 17.0 Å². The minimum absolute atomic E-state index is 0.0201. The summed E-state index contributed by atoms with van der Waals surface area (Å²) in [4.78, 5) is 22.6. The number of ether oxygens (including phenoxy) is 1. The van der Waals surface area contributed by atoms with Gasteiger partial charge in [0.25, 0.3) is 11.6 Å². The van der Waals surface area contributed by atoms with E-state index in [0.29, 0.717) is 23.4 Å². The third-order valence-corrected chi connectivity index (χ3v) is 3.28. The smallest absolute Gasteiger partial charge is 0.274 e. The summed E-state index contributed by atoms with van der Waals surface area (Å²) in [5.41, 5.74) is 2.28. The summed E-state index contributed by atoms with van der Waals surface area (Å²) in [5, 5.41) is 13.6. The van der Waals surface area contributed by atoms with E-state index in [2.05, 4.69) is 5.32 Å². The number of rotatable bonds is 5. The lowest BCUT2D eigenvalue weighted by Crippen LogP contribution is -2.13. The Hall–Kier alpha value is -2.73. The number of benzene rings is 2. The molecule has 0 fully saturated rings. The molecule has 0 aromatic heterocycles. The maximum Gasteiger partial charge on any atom is 0.274 e. The number of nitro groups is 1. The maximum absolute atomic E-state index is 12.2. The third kappa shape index (κ3) is 3.48. The summed E-state index contributed by atoms with van der Waals surface area (Å²) in [6.07, 6.45) is 0. The molecule has 0 bridgehead atoms. The molecule has 0 heterocycles. The van der Waals surface area contributed by atoms with Gasteiger partial charge in [-0.3, -0.25) is 14.9 Å². The molecule has 1 N–H and O–H groups in total. The van der Waals surface area contributed by atoms with Crippen molar-refractivity contribution in [3.05, 3.63) is 69.3 Å². The lowest BCUT2D eigenvalue weighted by atomic mass is 10.1. The quantitative estimate of drug-likeness (QED) is 0.678. The molecular weight excluding hydrogens is 284 g/mol. The minimum Gasteiger partial charge on any atom is -0.380 e. The van der Waals surface area contributed by atoms with Gasteiger partial charge in [-0.05, 0) is 30.7 Å². The van der Waals surface area contributed by atoms with E-state index < -0.39 is 4.92 Å². The number of hydrogen-bond acceptors (Lipinski definition) is 4. The Morgan fingerprint density at radius 2 is 1.91 bits per heavy atom. The van der Waals surface area contributed by atoms with Gasteiger partial charge in [0.05, 0.1) is 22.8 Å². The highest BCUT2D eigenvalue weighted by Gasteiger charge is 2.15. The Labute approximate surface area is 127 Å². The first-order chi connectivity index (χ1) is 10.5. The molecule has 6 heteroatoms. The number of nitrogens with one attached hydrogen (secondary N) is 1. The summed E-state index contributed by atoms with van der Waals surface area (Å²) >= 11 is 0. The molecule has 0 aliphatic heterocycles. The van der Waals surface area contributed by atoms with Crippen molar-refractivity contribution in [3.8, 4) is 0 Å². The monoisotopic (exact) mass is 300 g/mol. The van der Waals surface area contributed by atoms with Crippen LogP contribution in [0.2, 0.25) is 0 Å². The molecule has 2 aromatic rings. The SMILES string of the molecule is COCc1ccc(C(=O)Nc2cccc([N+](=O)[O-])c2C)cc1. The van der Waals surface area contributed by atoms with E-state index >= 15 is 0 Å². The molecule has 2 aromatic carbocycles. The van der Waals surface area contributed by atoms with Crippen molar-refractivity contribution in [2.24, 2.45) is 0 Å². The van der Waals surface area contributed by atoms with Crippen LogP contribution in [0.1, 0.15) is 21.5 Å². The highest BCUT2D eigenvalue weighted by atomic mass is 16.6. The average molecular weight is 300 g/mol. The van der Waals surface area contributed by atoms with Crippen molar-refractivity contribution in [2.45, 2.75) is 13.5 Å². The molecule has 0 atom stereocenters. The Morgan fingerprint density at radius 1 is 1.23 bits per heavy atom. The second-order valence-electron chi connectivity index (χ2n) is 4.79. The predicted octanol–water partition coefficient (Wildman–Crippen LogP) is 3.30. The molecular formula is C16H16N2O4. The second kappa shape index (κ2) is 6.82. The number of nitro benzene ring substituents is 1.